The van der Waals surface area contributed by atoms with E-state index in [0.29, 0.717) is 15.6 Å². The van der Waals surface area contributed by atoms with Gasteiger partial charge in [0.15, 0.2) is 5.82 Å². The number of rotatable bonds is 3. The van der Waals surface area contributed by atoms with Gasteiger partial charge in [-0.2, -0.15) is 14.9 Å². The third-order valence-electron chi connectivity index (χ3n) is 3.30. The summed E-state index contributed by atoms with van der Waals surface area (Å²) in [6.45, 7) is 1.95. The zero-order chi connectivity index (χ0) is 16.4. The van der Waals surface area contributed by atoms with E-state index in [9.17, 15) is 5.11 Å². The van der Waals surface area contributed by atoms with Crippen molar-refractivity contribution in [3.63, 3.8) is 0 Å². The topological polar surface area (TPSA) is 66.2 Å². The number of halogens is 1. The molecule has 0 bridgehead atoms. The summed E-state index contributed by atoms with van der Waals surface area (Å²) in [7, 11) is 0. The van der Waals surface area contributed by atoms with Crippen LogP contribution >= 0.6 is 23.8 Å². The van der Waals surface area contributed by atoms with Crippen molar-refractivity contribution in [2.75, 3.05) is 0 Å². The molecule has 7 heteroatoms. The number of hydrogen-bond donors (Lipinski definition) is 2. The number of aryl methyl sites for hydroxylation is 1. The number of aromatic amines is 1. The lowest BCUT2D eigenvalue weighted by Gasteiger charge is -2.05. The van der Waals surface area contributed by atoms with Crippen LogP contribution in [0.1, 0.15) is 11.1 Å². The lowest BCUT2D eigenvalue weighted by atomic mass is 10.1. The highest BCUT2D eigenvalue weighted by molar-refractivity contribution is 7.71. The van der Waals surface area contributed by atoms with Crippen molar-refractivity contribution < 1.29 is 5.11 Å². The average Bonchev–Trinajstić information content (AvgIpc) is 2.88. The molecular formula is C16H13ClN4OS. The van der Waals surface area contributed by atoms with E-state index >= 15 is 0 Å². The largest absolute Gasteiger partial charge is 0.508 e. The summed E-state index contributed by atoms with van der Waals surface area (Å²) in [4.78, 5) is 0. The molecule has 0 saturated carbocycles. The standard InChI is InChI=1S/C16H13ClN4OS/c1-10-8-12(17)4-7-14(10)15-19-20-16(23)21(15)18-9-11-2-5-13(22)6-3-11/h2-9,22H,1H3,(H,20,23)/b18-9+. The van der Waals surface area contributed by atoms with Crippen molar-refractivity contribution in [2.24, 2.45) is 5.10 Å². The first-order valence-corrected chi connectivity index (χ1v) is 7.60. The van der Waals surface area contributed by atoms with E-state index in [-0.39, 0.29) is 5.75 Å². The second-order valence-electron chi connectivity index (χ2n) is 4.96. The van der Waals surface area contributed by atoms with E-state index < -0.39 is 0 Å². The van der Waals surface area contributed by atoms with Gasteiger partial charge in [-0.05, 0) is 72.7 Å². The molecule has 0 atom stereocenters. The SMILES string of the molecule is Cc1cc(Cl)ccc1-c1n[nH]c(=S)n1/N=C/c1ccc(O)cc1. The molecule has 0 fully saturated rings. The predicted octanol–water partition coefficient (Wildman–Crippen LogP) is 4.16. The normalized spacial score (nSPS) is 11.2. The molecule has 2 N–H and O–H groups in total. The smallest absolute Gasteiger partial charge is 0.216 e. The summed E-state index contributed by atoms with van der Waals surface area (Å²) < 4.78 is 1.95. The third kappa shape index (κ3) is 3.33. The number of nitrogens with one attached hydrogen (secondary N) is 1. The van der Waals surface area contributed by atoms with Crippen molar-refractivity contribution in [3.05, 3.63) is 63.4 Å². The molecule has 0 aliphatic rings. The van der Waals surface area contributed by atoms with Gasteiger partial charge in [0.05, 0.1) is 6.21 Å². The van der Waals surface area contributed by atoms with Crippen LogP contribution in [0.3, 0.4) is 0 Å². The summed E-state index contributed by atoms with van der Waals surface area (Å²) >= 11 is 11.2. The van der Waals surface area contributed by atoms with Gasteiger partial charge in [-0.3, -0.25) is 0 Å². The van der Waals surface area contributed by atoms with E-state index in [4.69, 9.17) is 23.8 Å². The van der Waals surface area contributed by atoms with E-state index in [1.807, 2.05) is 19.1 Å². The lowest BCUT2D eigenvalue weighted by molar-refractivity contribution is 0.475. The number of hydrogen-bond acceptors (Lipinski definition) is 4. The number of nitrogens with zero attached hydrogens (tertiary/aromatic N) is 3. The monoisotopic (exact) mass is 344 g/mol. The fourth-order valence-electron chi connectivity index (χ4n) is 2.14. The Morgan fingerprint density at radius 1 is 1.26 bits per heavy atom. The summed E-state index contributed by atoms with van der Waals surface area (Å²) in [6.07, 6.45) is 1.65. The zero-order valence-electron chi connectivity index (χ0n) is 12.2. The fraction of sp³-hybridized carbons (Fsp3) is 0.0625. The molecule has 3 aromatic rings. The van der Waals surface area contributed by atoms with Crippen LogP contribution in [-0.2, 0) is 0 Å². The maximum absolute atomic E-state index is 9.31. The lowest BCUT2D eigenvalue weighted by Crippen LogP contribution is -1.96. The van der Waals surface area contributed by atoms with Crippen LogP contribution in [0.4, 0.5) is 0 Å². The summed E-state index contributed by atoms with van der Waals surface area (Å²) in [6, 6.07) is 12.3. The van der Waals surface area contributed by atoms with Crippen LogP contribution in [0, 0.1) is 11.7 Å². The molecule has 0 spiro atoms. The maximum Gasteiger partial charge on any atom is 0.216 e. The summed E-state index contributed by atoms with van der Waals surface area (Å²) in [5.74, 6) is 0.818. The molecule has 116 valence electrons. The average molecular weight is 345 g/mol. The highest BCUT2D eigenvalue weighted by atomic mass is 35.5. The van der Waals surface area contributed by atoms with Gasteiger partial charge in [0.1, 0.15) is 5.75 Å². The van der Waals surface area contributed by atoms with Gasteiger partial charge in [0.2, 0.25) is 4.77 Å². The second kappa shape index (κ2) is 6.36. The highest BCUT2D eigenvalue weighted by Crippen LogP contribution is 2.24. The molecule has 0 aliphatic heterocycles. The summed E-state index contributed by atoms with van der Waals surface area (Å²) in [5, 5.41) is 21.4. The van der Waals surface area contributed by atoms with Gasteiger partial charge >= 0.3 is 0 Å². The number of aromatic hydroxyl groups is 1. The van der Waals surface area contributed by atoms with Crippen LogP contribution < -0.4 is 0 Å². The molecule has 1 heterocycles. The second-order valence-corrected chi connectivity index (χ2v) is 5.78. The third-order valence-corrected chi connectivity index (χ3v) is 3.79. The molecule has 5 nitrogen and oxygen atoms in total. The Morgan fingerprint density at radius 2 is 2.00 bits per heavy atom. The molecule has 2 aromatic carbocycles. The highest BCUT2D eigenvalue weighted by Gasteiger charge is 2.11. The van der Waals surface area contributed by atoms with E-state index in [1.54, 1.807) is 41.2 Å². The minimum atomic E-state index is 0.208. The number of phenols is 1. The van der Waals surface area contributed by atoms with Gasteiger partial charge in [-0.25, -0.2) is 5.10 Å². The minimum absolute atomic E-state index is 0.208. The van der Waals surface area contributed by atoms with E-state index in [0.717, 1.165) is 16.7 Å². The van der Waals surface area contributed by atoms with Crippen molar-refractivity contribution in [1.82, 2.24) is 14.9 Å². The van der Waals surface area contributed by atoms with Crippen LogP contribution in [0.15, 0.2) is 47.6 Å². The molecule has 0 unspecified atom stereocenters. The van der Waals surface area contributed by atoms with Gasteiger partial charge in [0.25, 0.3) is 0 Å². The van der Waals surface area contributed by atoms with Crippen molar-refractivity contribution in [2.45, 2.75) is 6.92 Å². The Labute approximate surface area is 142 Å². The summed E-state index contributed by atoms with van der Waals surface area (Å²) in [5.41, 5.74) is 2.71. The van der Waals surface area contributed by atoms with Crippen LogP contribution in [0.25, 0.3) is 11.4 Å². The Hall–Kier alpha value is -2.44. The van der Waals surface area contributed by atoms with Gasteiger partial charge in [0, 0.05) is 10.6 Å². The molecule has 0 aliphatic carbocycles. The predicted molar refractivity (Wildman–Crippen MR) is 93.7 cm³/mol. The first-order chi connectivity index (χ1) is 11.0. The quantitative estimate of drug-likeness (QED) is 0.554. The molecular weight excluding hydrogens is 332 g/mol. The van der Waals surface area contributed by atoms with Gasteiger partial charge in [-0.1, -0.05) is 11.6 Å². The Bertz CT molecular complexity index is 928. The molecule has 1 aromatic heterocycles. The van der Waals surface area contributed by atoms with E-state index in [2.05, 4.69) is 15.3 Å². The molecule has 3 rings (SSSR count). The van der Waals surface area contributed by atoms with Crippen molar-refractivity contribution in [3.8, 4) is 17.1 Å². The fourth-order valence-corrected chi connectivity index (χ4v) is 2.54. The Morgan fingerprint density at radius 3 is 2.70 bits per heavy atom. The first kappa shape index (κ1) is 15.5. The van der Waals surface area contributed by atoms with Gasteiger partial charge in [-0.15, -0.1) is 0 Å². The first-order valence-electron chi connectivity index (χ1n) is 6.82. The van der Waals surface area contributed by atoms with Crippen molar-refractivity contribution >= 4 is 30.0 Å². The Balaban J connectivity index is 2.02. The molecule has 0 amide bonds. The molecule has 0 radical (unpaired) electrons. The molecule has 0 saturated heterocycles. The van der Waals surface area contributed by atoms with Crippen molar-refractivity contribution in [1.29, 1.82) is 0 Å². The molecule has 23 heavy (non-hydrogen) atoms. The van der Waals surface area contributed by atoms with Crippen LogP contribution in [-0.4, -0.2) is 26.2 Å². The number of H-pyrrole nitrogens is 1. The number of benzene rings is 2. The van der Waals surface area contributed by atoms with Crippen LogP contribution in [0.5, 0.6) is 5.75 Å². The van der Waals surface area contributed by atoms with Gasteiger partial charge < -0.3 is 5.11 Å². The minimum Gasteiger partial charge on any atom is -0.508 e. The van der Waals surface area contributed by atoms with Crippen LogP contribution in [0.2, 0.25) is 5.02 Å². The Kier molecular flexibility index (Phi) is 4.27. The zero-order valence-corrected chi connectivity index (χ0v) is 13.8. The van der Waals surface area contributed by atoms with E-state index in [1.165, 1.54) is 0 Å². The number of aromatic nitrogens is 3. The number of phenolic OH excluding ortho intramolecular Hbond substituents is 1. The maximum atomic E-state index is 9.31.